The third kappa shape index (κ3) is 3.35. The van der Waals surface area contributed by atoms with Crippen molar-refractivity contribution < 1.29 is 26.0 Å². The Labute approximate surface area is 125 Å². The van der Waals surface area contributed by atoms with E-state index in [1.165, 1.54) is 0 Å². The van der Waals surface area contributed by atoms with Crippen LogP contribution in [0.5, 0.6) is 0 Å². The average Bonchev–Trinajstić information content (AvgIpc) is 2.36. The first-order chi connectivity index (χ1) is 9.70. The molecule has 0 atom stereocenters. The van der Waals surface area contributed by atoms with Crippen LogP contribution in [0.1, 0.15) is 0 Å². The minimum atomic E-state index is -4.68. The summed E-state index contributed by atoms with van der Waals surface area (Å²) in [5.41, 5.74) is -0.984. The van der Waals surface area contributed by atoms with Crippen LogP contribution in [0.15, 0.2) is 39.7 Å². The van der Waals surface area contributed by atoms with Gasteiger partial charge in [-0.1, -0.05) is 15.9 Å². The molecule has 0 spiro atoms. The zero-order valence-corrected chi connectivity index (χ0v) is 12.4. The van der Waals surface area contributed by atoms with Gasteiger partial charge in [0.2, 0.25) is 0 Å². The van der Waals surface area contributed by atoms with Crippen molar-refractivity contribution in [1.29, 1.82) is 0 Å². The molecule has 3 nitrogen and oxygen atoms in total. The fraction of sp³-hybridized carbons (Fsp3) is 0. The Hall–Kier alpha value is -1.61. The van der Waals surface area contributed by atoms with Crippen LogP contribution >= 0.6 is 15.9 Å². The third-order valence-corrected chi connectivity index (χ3v) is 4.25. The molecule has 0 aliphatic carbocycles. The van der Waals surface area contributed by atoms with Crippen molar-refractivity contribution in [2.75, 3.05) is 4.72 Å². The lowest BCUT2D eigenvalue weighted by Crippen LogP contribution is -2.17. The Kier molecular flexibility index (Phi) is 4.24. The van der Waals surface area contributed by atoms with Crippen LogP contribution in [0, 0.1) is 23.3 Å². The fourth-order valence-corrected chi connectivity index (χ4v) is 3.08. The normalized spacial score (nSPS) is 11.5. The average molecular weight is 384 g/mol. The Morgan fingerprint density at radius 3 is 2.05 bits per heavy atom. The summed E-state index contributed by atoms with van der Waals surface area (Å²) < 4.78 is 79.0. The highest BCUT2D eigenvalue weighted by molar-refractivity contribution is 9.10. The molecule has 0 bridgehead atoms. The standard InChI is InChI=1S/C12H6BrF4NO2S/c13-6-3-9(16)12(10(17)4-6)18-21(19,20)11-5-7(14)1-2-8(11)15/h1-5,18H. The predicted octanol–water partition coefficient (Wildman–Crippen LogP) is 3.81. The van der Waals surface area contributed by atoms with Gasteiger partial charge < -0.3 is 0 Å². The number of benzene rings is 2. The maximum atomic E-state index is 13.6. The Morgan fingerprint density at radius 1 is 0.905 bits per heavy atom. The first-order valence-corrected chi connectivity index (χ1v) is 7.61. The van der Waals surface area contributed by atoms with E-state index in [9.17, 15) is 26.0 Å². The van der Waals surface area contributed by atoms with E-state index in [0.717, 1.165) is 18.2 Å². The molecule has 21 heavy (non-hydrogen) atoms. The molecule has 0 fully saturated rings. The molecule has 0 aromatic heterocycles. The van der Waals surface area contributed by atoms with Crippen LogP contribution in [0.2, 0.25) is 0 Å². The minimum absolute atomic E-state index is 0.0531. The maximum Gasteiger partial charge on any atom is 0.265 e. The molecular weight excluding hydrogens is 378 g/mol. The Bertz CT molecular complexity index is 788. The van der Waals surface area contributed by atoms with Crippen LogP contribution < -0.4 is 4.72 Å². The first kappa shape index (κ1) is 15.8. The number of nitrogens with one attached hydrogen (secondary N) is 1. The summed E-state index contributed by atoms with van der Waals surface area (Å²) in [5.74, 6) is -4.67. The van der Waals surface area contributed by atoms with E-state index in [1.807, 2.05) is 0 Å². The summed E-state index contributed by atoms with van der Waals surface area (Å²) in [6.45, 7) is 0. The molecule has 0 heterocycles. The van der Waals surface area contributed by atoms with E-state index in [0.29, 0.717) is 12.1 Å². The number of anilines is 1. The van der Waals surface area contributed by atoms with Gasteiger partial charge in [-0.3, -0.25) is 4.72 Å². The van der Waals surface area contributed by atoms with Gasteiger partial charge >= 0.3 is 0 Å². The molecule has 0 aliphatic rings. The van der Waals surface area contributed by atoms with E-state index in [2.05, 4.69) is 15.9 Å². The van der Waals surface area contributed by atoms with Crippen LogP contribution in [0.4, 0.5) is 23.2 Å². The van der Waals surface area contributed by atoms with E-state index < -0.39 is 43.9 Å². The van der Waals surface area contributed by atoms with E-state index in [1.54, 1.807) is 4.72 Å². The molecule has 9 heteroatoms. The Balaban J connectivity index is 2.50. The molecule has 112 valence electrons. The van der Waals surface area contributed by atoms with Gasteiger partial charge in [0.15, 0.2) is 11.6 Å². The summed E-state index contributed by atoms with van der Waals surface area (Å²) in [5, 5.41) is 0. The second-order valence-electron chi connectivity index (χ2n) is 3.92. The monoisotopic (exact) mass is 383 g/mol. The van der Waals surface area contributed by atoms with Gasteiger partial charge in [0.05, 0.1) is 0 Å². The van der Waals surface area contributed by atoms with Crippen LogP contribution in [0.3, 0.4) is 0 Å². The van der Waals surface area contributed by atoms with E-state index in [-0.39, 0.29) is 4.47 Å². The first-order valence-electron chi connectivity index (χ1n) is 5.33. The van der Waals surface area contributed by atoms with Crippen LogP contribution in [0.25, 0.3) is 0 Å². The van der Waals surface area contributed by atoms with Crippen molar-refractivity contribution in [2.24, 2.45) is 0 Å². The fourth-order valence-electron chi connectivity index (χ4n) is 1.51. The second kappa shape index (κ2) is 5.64. The van der Waals surface area contributed by atoms with E-state index >= 15 is 0 Å². The molecule has 1 N–H and O–H groups in total. The second-order valence-corrected chi connectivity index (χ2v) is 6.49. The lowest BCUT2D eigenvalue weighted by molar-refractivity contribution is 0.553. The zero-order valence-electron chi connectivity index (χ0n) is 10.0. The van der Waals surface area contributed by atoms with Gasteiger partial charge in [-0.2, -0.15) is 0 Å². The predicted molar refractivity (Wildman–Crippen MR) is 71.2 cm³/mol. The summed E-state index contributed by atoms with van der Waals surface area (Å²) in [4.78, 5) is -1.05. The largest absolute Gasteiger partial charge is 0.274 e. The van der Waals surface area contributed by atoms with Gasteiger partial charge in [0.25, 0.3) is 10.0 Å². The maximum absolute atomic E-state index is 13.6. The van der Waals surface area contributed by atoms with Crippen LogP contribution in [-0.2, 0) is 10.0 Å². The molecule has 2 aromatic carbocycles. The quantitative estimate of drug-likeness (QED) is 0.819. The lowest BCUT2D eigenvalue weighted by Gasteiger charge is -2.11. The number of rotatable bonds is 3. The van der Waals surface area contributed by atoms with Gasteiger partial charge in [-0.25, -0.2) is 26.0 Å². The number of halogens is 5. The van der Waals surface area contributed by atoms with Crippen molar-refractivity contribution in [1.82, 2.24) is 0 Å². The van der Waals surface area contributed by atoms with Crippen molar-refractivity contribution >= 4 is 31.6 Å². The molecule has 0 amide bonds. The topological polar surface area (TPSA) is 46.2 Å². The zero-order chi connectivity index (χ0) is 15.8. The number of hydrogen-bond donors (Lipinski definition) is 1. The van der Waals surface area contributed by atoms with Gasteiger partial charge in [0.1, 0.15) is 22.2 Å². The molecule has 0 radical (unpaired) electrons. The van der Waals surface area contributed by atoms with Crippen molar-refractivity contribution in [3.05, 3.63) is 58.1 Å². The number of hydrogen-bond acceptors (Lipinski definition) is 2. The summed E-state index contributed by atoms with van der Waals surface area (Å²) in [6.07, 6.45) is 0. The highest BCUT2D eigenvalue weighted by Gasteiger charge is 2.23. The molecule has 2 aromatic rings. The van der Waals surface area contributed by atoms with Gasteiger partial charge in [0, 0.05) is 4.47 Å². The highest BCUT2D eigenvalue weighted by atomic mass is 79.9. The molecule has 0 saturated carbocycles. The highest BCUT2D eigenvalue weighted by Crippen LogP contribution is 2.27. The Morgan fingerprint density at radius 2 is 1.48 bits per heavy atom. The summed E-state index contributed by atoms with van der Waals surface area (Å²) in [7, 11) is -4.68. The van der Waals surface area contributed by atoms with Crippen molar-refractivity contribution in [3.63, 3.8) is 0 Å². The van der Waals surface area contributed by atoms with Gasteiger partial charge in [-0.15, -0.1) is 0 Å². The van der Waals surface area contributed by atoms with Gasteiger partial charge in [-0.05, 0) is 30.3 Å². The van der Waals surface area contributed by atoms with Crippen molar-refractivity contribution in [2.45, 2.75) is 4.90 Å². The molecule has 2 rings (SSSR count). The minimum Gasteiger partial charge on any atom is -0.274 e. The lowest BCUT2D eigenvalue weighted by atomic mass is 10.3. The third-order valence-electron chi connectivity index (χ3n) is 2.43. The molecular formula is C12H6BrF4NO2S. The van der Waals surface area contributed by atoms with E-state index in [4.69, 9.17) is 0 Å². The molecule has 0 saturated heterocycles. The molecule has 0 unspecified atom stereocenters. The smallest absolute Gasteiger partial charge is 0.265 e. The van der Waals surface area contributed by atoms with Crippen LogP contribution in [-0.4, -0.2) is 8.42 Å². The van der Waals surface area contributed by atoms with Crippen molar-refractivity contribution in [3.8, 4) is 0 Å². The SMILES string of the molecule is O=S(=O)(Nc1c(F)cc(Br)cc1F)c1cc(F)ccc1F. The summed E-state index contributed by atoms with van der Waals surface area (Å²) in [6, 6.07) is 3.37. The molecule has 0 aliphatic heterocycles. The number of sulfonamides is 1. The summed E-state index contributed by atoms with van der Waals surface area (Å²) >= 11 is 2.83.